The summed E-state index contributed by atoms with van der Waals surface area (Å²) in [4.78, 5) is 12.9. The first-order chi connectivity index (χ1) is 15.4. The fraction of sp³-hybridized carbons (Fsp3) is 0.0800. The van der Waals surface area contributed by atoms with Crippen LogP contribution in [0, 0.1) is 0 Å². The van der Waals surface area contributed by atoms with E-state index in [1.165, 1.54) is 12.1 Å². The lowest BCUT2D eigenvalue weighted by molar-refractivity contribution is -0.119. The second-order valence-corrected chi connectivity index (χ2v) is 9.51. The number of amides is 1. The molecule has 0 spiro atoms. The zero-order valence-electron chi connectivity index (χ0n) is 17.1. The minimum absolute atomic E-state index is 0.108. The van der Waals surface area contributed by atoms with Gasteiger partial charge in [-0.3, -0.25) is 9.10 Å². The Labute approximate surface area is 192 Å². The van der Waals surface area contributed by atoms with E-state index in [4.69, 9.17) is 11.6 Å². The summed E-state index contributed by atoms with van der Waals surface area (Å²) >= 11 is 5.97. The Bertz CT molecular complexity index is 1340. The second-order valence-electron chi connectivity index (χ2n) is 7.22. The standard InChI is InChI=1S/C25H21ClN2O3S/c26-21-13-15-22(16-14-21)28(32(30,31)23-10-2-1-3-11-23)18-25(29)27-17-20-9-6-8-19-7-4-5-12-24(19)20/h1-16H,17-18H2,(H,27,29). The van der Waals surface area contributed by atoms with Crippen molar-refractivity contribution in [3.05, 3.63) is 108 Å². The molecule has 162 valence electrons. The van der Waals surface area contributed by atoms with E-state index in [-0.39, 0.29) is 11.4 Å². The lowest BCUT2D eigenvalue weighted by Crippen LogP contribution is -2.40. The number of nitrogens with one attached hydrogen (secondary N) is 1. The van der Waals surface area contributed by atoms with E-state index in [1.807, 2.05) is 42.5 Å². The molecular weight excluding hydrogens is 444 g/mol. The molecule has 0 aliphatic heterocycles. The molecule has 0 saturated carbocycles. The number of benzene rings is 4. The molecule has 0 aromatic heterocycles. The van der Waals surface area contributed by atoms with Gasteiger partial charge in [-0.2, -0.15) is 0 Å². The summed E-state index contributed by atoms with van der Waals surface area (Å²) in [7, 11) is -3.95. The van der Waals surface area contributed by atoms with Crippen LogP contribution >= 0.6 is 11.6 Å². The molecule has 0 aliphatic rings. The van der Waals surface area contributed by atoms with Crippen molar-refractivity contribution in [1.29, 1.82) is 0 Å². The fourth-order valence-electron chi connectivity index (χ4n) is 3.47. The average Bonchev–Trinajstić information content (AvgIpc) is 2.82. The smallest absolute Gasteiger partial charge is 0.264 e. The zero-order chi connectivity index (χ0) is 22.6. The summed E-state index contributed by atoms with van der Waals surface area (Å²) in [5.74, 6) is -0.410. The van der Waals surface area contributed by atoms with Crippen LogP contribution in [0.25, 0.3) is 10.8 Å². The van der Waals surface area contributed by atoms with Crippen molar-refractivity contribution in [3.8, 4) is 0 Å². The maximum atomic E-state index is 13.3. The van der Waals surface area contributed by atoms with E-state index >= 15 is 0 Å². The van der Waals surface area contributed by atoms with E-state index in [9.17, 15) is 13.2 Å². The van der Waals surface area contributed by atoms with Crippen LogP contribution in [-0.2, 0) is 21.4 Å². The molecule has 7 heteroatoms. The SMILES string of the molecule is O=C(CN(c1ccc(Cl)cc1)S(=O)(=O)c1ccccc1)NCc1cccc2ccccc12. The Morgan fingerprint density at radius 1 is 0.812 bits per heavy atom. The van der Waals surface area contributed by atoms with Gasteiger partial charge in [0, 0.05) is 11.6 Å². The first kappa shape index (κ1) is 21.9. The van der Waals surface area contributed by atoms with E-state index in [0.29, 0.717) is 17.3 Å². The van der Waals surface area contributed by atoms with Gasteiger partial charge in [0.05, 0.1) is 10.6 Å². The van der Waals surface area contributed by atoms with Gasteiger partial charge in [0.2, 0.25) is 5.91 Å². The molecule has 1 N–H and O–H groups in total. The van der Waals surface area contributed by atoms with Crippen LogP contribution in [0.15, 0.2) is 102 Å². The maximum absolute atomic E-state index is 13.3. The molecule has 0 aliphatic carbocycles. The normalized spacial score (nSPS) is 11.3. The van der Waals surface area contributed by atoms with Crippen LogP contribution < -0.4 is 9.62 Å². The van der Waals surface area contributed by atoms with Crippen molar-refractivity contribution in [3.63, 3.8) is 0 Å². The van der Waals surface area contributed by atoms with Gasteiger partial charge in [-0.1, -0.05) is 72.3 Å². The fourth-order valence-corrected chi connectivity index (χ4v) is 5.04. The third-order valence-corrected chi connectivity index (χ3v) is 7.13. The third kappa shape index (κ3) is 4.77. The van der Waals surface area contributed by atoms with Crippen molar-refractivity contribution in [2.24, 2.45) is 0 Å². The highest BCUT2D eigenvalue weighted by Gasteiger charge is 2.27. The number of nitrogens with zero attached hydrogens (tertiary/aromatic N) is 1. The summed E-state index contributed by atoms with van der Waals surface area (Å²) in [6, 6.07) is 28.2. The average molecular weight is 465 g/mol. The van der Waals surface area contributed by atoms with E-state index in [0.717, 1.165) is 20.6 Å². The largest absolute Gasteiger partial charge is 0.350 e. The van der Waals surface area contributed by atoms with Crippen molar-refractivity contribution in [2.75, 3.05) is 10.8 Å². The summed E-state index contributed by atoms with van der Waals surface area (Å²) < 4.78 is 27.7. The highest BCUT2D eigenvalue weighted by Crippen LogP contribution is 2.25. The van der Waals surface area contributed by atoms with E-state index in [1.54, 1.807) is 42.5 Å². The Hall–Kier alpha value is -3.35. The highest BCUT2D eigenvalue weighted by molar-refractivity contribution is 7.92. The molecule has 0 atom stereocenters. The molecule has 0 saturated heterocycles. The molecular formula is C25H21ClN2O3S. The number of sulfonamides is 1. The monoisotopic (exact) mass is 464 g/mol. The lowest BCUT2D eigenvalue weighted by Gasteiger charge is -2.24. The molecule has 5 nitrogen and oxygen atoms in total. The van der Waals surface area contributed by atoms with Gasteiger partial charge in [0.25, 0.3) is 10.0 Å². The van der Waals surface area contributed by atoms with Gasteiger partial charge in [-0.05, 0) is 52.7 Å². The van der Waals surface area contributed by atoms with Gasteiger partial charge in [-0.25, -0.2) is 8.42 Å². The van der Waals surface area contributed by atoms with Gasteiger partial charge < -0.3 is 5.32 Å². The van der Waals surface area contributed by atoms with Crippen LogP contribution in [0.3, 0.4) is 0 Å². The van der Waals surface area contributed by atoms with Crippen LogP contribution in [-0.4, -0.2) is 20.9 Å². The van der Waals surface area contributed by atoms with E-state index in [2.05, 4.69) is 5.32 Å². The number of anilines is 1. The highest BCUT2D eigenvalue weighted by atomic mass is 35.5. The van der Waals surface area contributed by atoms with Crippen molar-refractivity contribution in [2.45, 2.75) is 11.4 Å². The number of hydrogen-bond donors (Lipinski definition) is 1. The minimum Gasteiger partial charge on any atom is -0.350 e. The van der Waals surface area contributed by atoms with Crippen LogP contribution in [0.4, 0.5) is 5.69 Å². The molecule has 0 unspecified atom stereocenters. The number of carbonyl (C=O) groups excluding carboxylic acids is 1. The topological polar surface area (TPSA) is 66.5 Å². The lowest BCUT2D eigenvalue weighted by atomic mass is 10.0. The zero-order valence-corrected chi connectivity index (χ0v) is 18.7. The molecule has 0 radical (unpaired) electrons. The molecule has 0 heterocycles. The Balaban J connectivity index is 1.58. The molecule has 1 amide bonds. The van der Waals surface area contributed by atoms with Gasteiger partial charge >= 0.3 is 0 Å². The van der Waals surface area contributed by atoms with Crippen molar-refractivity contribution >= 4 is 44.0 Å². The first-order valence-corrected chi connectivity index (χ1v) is 11.8. The number of halogens is 1. The number of rotatable bonds is 7. The van der Waals surface area contributed by atoms with Gasteiger partial charge in [0.15, 0.2) is 0 Å². The second kappa shape index (κ2) is 9.42. The number of fused-ring (bicyclic) bond motifs is 1. The van der Waals surface area contributed by atoms with E-state index < -0.39 is 15.9 Å². The Kier molecular flexibility index (Phi) is 6.44. The molecule has 4 aromatic rings. The third-order valence-electron chi connectivity index (χ3n) is 5.09. The quantitative estimate of drug-likeness (QED) is 0.418. The first-order valence-electron chi connectivity index (χ1n) is 10.0. The predicted octanol–water partition coefficient (Wildman–Crippen LogP) is 5.00. The summed E-state index contributed by atoms with van der Waals surface area (Å²) in [5, 5.41) is 5.45. The maximum Gasteiger partial charge on any atom is 0.264 e. The van der Waals surface area contributed by atoms with Crippen LogP contribution in [0.2, 0.25) is 5.02 Å². The van der Waals surface area contributed by atoms with Crippen molar-refractivity contribution < 1.29 is 13.2 Å². The molecule has 0 fully saturated rings. The predicted molar refractivity (Wildman–Crippen MR) is 128 cm³/mol. The molecule has 4 aromatic carbocycles. The molecule has 4 rings (SSSR count). The molecule has 0 bridgehead atoms. The Morgan fingerprint density at radius 2 is 1.47 bits per heavy atom. The number of hydrogen-bond acceptors (Lipinski definition) is 3. The number of carbonyl (C=O) groups is 1. The van der Waals surface area contributed by atoms with Crippen LogP contribution in [0.1, 0.15) is 5.56 Å². The van der Waals surface area contributed by atoms with Crippen LogP contribution in [0.5, 0.6) is 0 Å². The molecule has 32 heavy (non-hydrogen) atoms. The minimum atomic E-state index is -3.95. The summed E-state index contributed by atoms with van der Waals surface area (Å²) in [6.07, 6.45) is 0. The Morgan fingerprint density at radius 3 is 2.22 bits per heavy atom. The van der Waals surface area contributed by atoms with Crippen molar-refractivity contribution in [1.82, 2.24) is 5.32 Å². The van der Waals surface area contributed by atoms with Gasteiger partial charge in [-0.15, -0.1) is 0 Å². The van der Waals surface area contributed by atoms with Gasteiger partial charge in [0.1, 0.15) is 6.54 Å². The summed E-state index contributed by atoms with van der Waals surface area (Å²) in [6.45, 7) is -0.0658. The summed E-state index contributed by atoms with van der Waals surface area (Å²) in [5.41, 5.74) is 1.32.